The van der Waals surface area contributed by atoms with Crippen LogP contribution in [0.3, 0.4) is 0 Å². The third kappa shape index (κ3) is 6.30. The summed E-state index contributed by atoms with van der Waals surface area (Å²) in [4.78, 5) is 16.3. The fourth-order valence-corrected chi connectivity index (χ4v) is 6.28. The fourth-order valence-electron chi connectivity index (χ4n) is 6.28. The molecular weight excluding hydrogens is 745 g/mol. The smallest absolute Gasteiger partial charge is 0.164 e. The number of carbonyl (C=O) groups excluding carboxylic acids is 1. The molecule has 0 saturated carbocycles. The average molecular weight is 784 g/mol. The summed E-state index contributed by atoms with van der Waals surface area (Å²) >= 11 is 0. The predicted molar refractivity (Wildman–Crippen MR) is 183 cm³/mol. The molecule has 0 amide bonds. The molecule has 4 nitrogen and oxygen atoms in total. The Morgan fingerprint density at radius 3 is 2.17 bits per heavy atom. The van der Waals surface area contributed by atoms with Crippen molar-refractivity contribution in [2.24, 2.45) is 10.8 Å². The van der Waals surface area contributed by atoms with Crippen LogP contribution < -0.4 is 0 Å². The van der Waals surface area contributed by atoms with Gasteiger partial charge in [0.15, 0.2) is 5.78 Å². The van der Waals surface area contributed by atoms with Crippen LogP contribution in [-0.2, 0) is 50.6 Å². The van der Waals surface area contributed by atoms with Crippen LogP contribution >= 0.6 is 0 Å². The molecule has 5 aromatic rings. The van der Waals surface area contributed by atoms with Gasteiger partial charge in [0.1, 0.15) is 5.76 Å². The topological polar surface area (TPSA) is 74.0 Å². The van der Waals surface area contributed by atoms with Crippen molar-refractivity contribution in [3.63, 3.8) is 0 Å². The molecule has 1 heterocycles. The summed E-state index contributed by atoms with van der Waals surface area (Å²) in [6.07, 6.45) is 7.54. The first-order chi connectivity index (χ1) is 21.3. The number of aryl methyl sites for hydroxylation is 4. The third-order valence-corrected chi connectivity index (χ3v) is 8.94. The monoisotopic (exact) mass is 784 g/mol. The van der Waals surface area contributed by atoms with E-state index in [1.54, 1.807) is 0 Å². The number of fused-ring (bicyclic) bond motifs is 3. The summed E-state index contributed by atoms with van der Waals surface area (Å²) in [5.74, 6) is 0.104. The number of aliphatic hydroxyl groups is 1. The molecule has 7 rings (SSSR count). The van der Waals surface area contributed by atoms with Gasteiger partial charge in [-0.05, 0) is 82.2 Å². The molecule has 5 heteroatoms. The van der Waals surface area contributed by atoms with Crippen molar-refractivity contribution in [1.82, 2.24) is 4.98 Å². The zero-order valence-corrected chi connectivity index (χ0v) is 29.7. The number of benzene rings is 4. The van der Waals surface area contributed by atoms with Crippen molar-refractivity contribution in [3.8, 4) is 28.5 Å². The van der Waals surface area contributed by atoms with E-state index in [9.17, 15) is 15.2 Å². The summed E-state index contributed by atoms with van der Waals surface area (Å²) in [5.41, 5.74) is 10.7. The molecule has 0 atom stereocenters. The quantitative estimate of drug-likeness (QED) is 0.0838. The molecule has 0 saturated heterocycles. The van der Waals surface area contributed by atoms with Gasteiger partial charge >= 0.3 is 0 Å². The van der Waals surface area contributed by atoms with E-state index >= 15 is 0 Å². The van der Waals surface area contributed by atoms with Crippen molar-refractivity contribution >= 4 is 27.3 Å². The van der Waals surface area contributed by atoms with Crippen molar-refractivity contribution in [3.05, 3.63) is 113 Å². The summed E-state index contributed by atoms with van der Waals surface area (Å²) < 4.78 is 0. The number of pyridine rings is 1. The second-order valence-corrected chi connectivity index (χ2v) is 14.3. The van der Waals surface area contributed by atoms with Gasteiger partial charge in [-0.15, -0.1) is 28.8 Å². The molecule has 0 fully saturated rings. The minimum absolute atomic E-state index is 0. The summed E-state index contributed by atoms with van der Waals surface area (Å²) in [5, 5.41) is 23.4. The zero-order valence-electron chi connectivity index (χ0n) is 27.3. The van der Waals surface area contributed by atoms with Crippen molar-refractivity contribution in [2.75, 3.05) is 0 Å². The number of rotatable bonds is 2. The molecule has 0 unspecified atom stereocenters. The number of carbonyl (C=O) groups is 1. The van der Waals surface area contributed by atoms with E-state index in [4.69, 9.17) is 4.98 Å². The van der Waals surface area contributed by atoms with Crippen LogP contribution in [0.25, 0.3) is 43.9 Å². The van der Waals surface area contributed by atoms with Crippen LogP contribution in [0.5, 0.6) is 0 Å². The van der Waals surface area contributed by atoms with Gasteiger partial charge in [0.2, 0.25) is 0 Å². The van der Waals surface area contributed by atoms with Gasteiger partial charge in [0.25, 0.3) is 0 Å². The average Bonchev–Trinajstić information content (AvgIpc) is 3.02. The van der Waals surface area contributed by atoms with E-state index in [1.807, 2.05) is 59.9 Å². The minimum atomic E-state index is -0.417. The molecule has 1 radical (unpaired) electrons. The number of hydrogen-bond donors (Lipinski definition) is 1. The molecular formula is C41H39IrN2O2-. The van der Waals surface area contributed by atoms with Gasteiger partial charge in [-0.25, -0.2) is 0 Å². The number of aliphatic hydroxyl groups excluding tert-OH is 1. The van der Waals surface area contributed by atoms with Gasteiger partial charge in [0.05, 0.1) is 11.6 Å². The maximum Gasteiger partial charge on any atom is 0.164 e. The Kier molecular flexibility index (Phi) is 9.11. The van der Waals surface area contributed by atoms with E-state index in [1.165, 1.54) is 44.8 Å². The molecule has 1 aromatic heterocycles. The number of hydrogen-bond acceptors (Lipinski definition) is 4. The maximum absolute atomic E-state index is 11.5. The number of allylic oxidation sites excluding steroid dienone is 2. The number of nitriles is 1. The molecule has 235 valence electrons. The largest absolute Gasteiger partial charge is 0.512 e. The minimum Gasteiger partial charge on any atom is -0.512 e. The second-order valence-electron chi connectivity index (χ2n) is 14.3. The van der Waals surface area contributed by atoms with E-state index in [0.29, 0.717) is 5.56 Å². The normalized spacial score (nSPS) is 13.6. The standard InChI is InChI=1S/C30H19N2.C11H20O2.Ir/c31-17-18-4-10-25-21(14-18)9-11-27-26(25)12-13-32-30(27)24-15-22-7-5-19-2-1-3-20-6-8-23(16-24)29(22)28(19)20;1-10(2,3)8(12)7-9(13)11(4,5)6;/h1-4,9-15H,5-8H2;7,12H,1-6H3;/q-1;;/b;8-7-;. The van der Waals surface area contributed by atoms with E-state index < -0.39 is 5.41 Å². The number of ketones is 1. The Balaban J connectivity index is 0.000000256. The SMILES string of the molecule is CC(C)(C)C(=O)/C=C(\O)C(C)(C)C.N#Cc1ccc2c(ccc3c(-c4[c-]c5c6c(c4)CCc4cccc(c4-6)CC5)nccc32)c1.[Ir]. The van der Waals surface area contributed by atoms with Crippen LogP contribution in [0.1, 0.15) is 69.4 Å². The van der Waals surface area contributed by atoms with Crippen molar-refractivity contribution < 1.29 is 30.0 Å². The molecule has 0 bridgehead atoms. The van der Waals surface area contributed by atoms with Crippen molar-refractivity contribution in [2.45, 2.75) is 67.2 Å². The molecule has 1 N–H and O–H groups in total. The van der Waals surface area contributed by atoms with Crippen LogP contribution in [0, 0.1) is 28.2 Å². The van der Waals surface area contributed by atoms with Crippen molar-refractivity contribution in [1.29, 1.82) is 5.26 Å². The van der Waals surface area contributed by atoms with E-state index in [2.05, 4.69) is 60.7 Å². The Morgan fingerprint density at radius 1 is 0.826 bits per heavy atom. The first kappa shape index (κ1) is 33.3. The van der Waals surface area contributed by atoms with Crippen LogP contribution in [0.15, 0.2) is 78.7 Å². The second kappa shape index (κ2) is 12.6. The Labute approximate surface area is 285 Å². The molecule has 0 aliphatic heterocycles. The fraction of sp³-hybridized carbons (Fsp3) is 0.293. The summed E-state index contributed by atoms with van der Waals surface area (Å²) in [6.45, 7) is 11.1. The number of aromatic nitrogens is 1. The van der Waals surface area contributed by atoms with E-state index in [-0.39, 0.29) is 37.1 Å². The Morgan fingerprint density at radius 2 is 1.50 bits per heavy atom. The summed E-state index contributed by atoms with van der Waals surface area (Å²) in [7, 11) is 0. The first-order valence-corrected chi connectivity index (χ1v) is 15.7. The van der Waals surface area contributed by atoms with Crippen LogP contribution in [0.2, 0.25) is 0 Å². The molecule has 0 spiro atoms. The van der Waals surface area contributed by atoms with E-state index in [0.717, 1.165) is 53.1 Å². The number of nitrogens with zero attached hydrogens (tertiary/aromatic N) is 2. The van der Waals surface area contributed by atoms with Gasteiger partial charge in [-0.3, -0.25) is 4.79 Å². The maximum atomic E-state index is 11.5. The zero-order chi connectivity index (χ0) is 32.1. The molecule has 4 aromatic carbocycles. The summed E-state index contributed by atoms with van der Waals surface area (Å²) in [6, 6.07) is 27.4. The van der Waals surface area contributed by atoms with Crippen LogP contribution in [0.4, 0.5) is 0 Å². The van der Waals surface area contributed by atoms with Gasteiger partial charge in [0, 0.05) is 43.2 Å². The molecule has 2 aliphatic carbocycles. The molecule has 2 aliphatic rings. The Hall–Kier alpha value is -4.10. The molecule has 46 heavy (non-hydrogen) atoms. The van der Waals surface area contributed by atoms with Gasteiger partial charge in [-0.2, -0.15) is 5.26 Å². The third-order valence-electron chi connectivity index (χ3n) is 8.94. The Bertz CT molecular complexity index is 2020. The predicted octanol–water partition coefficient (Wildman–Crippen LogP) is 9.68. The van der Waals surface area contributed by atoms with Gasteiger partial charge < -0.3 is 10.1 Å². The van der Waals surface area contributed by atoms with Gasteiger partial charge in [-0.1, -0.05) is 89.1 Å². The van der Waals surface area contributed by atoms with Crippen LogP contribution in [-0.4, -0.2) is 15.9 Å². The first-order valence-electron chi connectivity index (χ1n) is 15.7.